The maximum Gasteiger partial charge on any atom is 0.325 e. The SMILES string of the molecule is Cc1ccc(-n2nc(C)cc2NC(=O)CCN2C(=O)NC3(CCCCC3)C2=O)cc1. The van der Waals surface area contributed by atoms with Crippen LogP contribution in [0.4, 0.5) is 10.6 Å². The zero-order valence-electron chi connectivity index (χ0n) is 17.4. The van der Waals surface area contributed by atoms with E-state index in [1.165, 1.54) is 4.90 Å². The van der Waals surface area contributed by atoms with Crippen LogP contribution in [-0.4, -0.2) is 44.6 Å². The first-order chi connectivity index (χ1) is 14.4. The minimum atomic E-state index is -0.757. The van der Waals surface area contributed by atoms with Gasteiger partial charge in [0.2, 0.25) is 5.91 Å². The first-order valence-corrected chi connectivity index (χ1v) is 10.5. The van der Waals surface area contributed by atoms with Crippen LogP contribution < -0.4 is 10.6 Å². The Morgan fingerprint density at radius 3 is 2.53 bits per heavy atom. The molecule has 4 rings (SSSR count). The maximum atomic E-state index is 12.8. The van der Waals surface area contributed by atoms with Crippen molar-refractivity contribution in [2.24, 2.45) is 0 Å². The summed E-state index contributed by atoms with van der Waals surface area (Å²) in [5.74, 6) is 0.0938. The number of aromatic nitrogens is 2. The van der Waals surface area contributed by atoms with Gasteiger partial charge in [-0.2, -0.15) is 5.10 Å². The van der Waals surface area contributed by atoms with Gasteiger partial charge in [-0.15, -0.1) is 0 Å². The van der Waals surface area contributed by atoms with Crippen molar-refractivity contribution >= 4 is 23.7 Å². The third kappa shape index (κ3) is 3.81. The van der Waals surface area contributed by atoms with Gasteiger partial charge in [0.05, 0.1) is 11.4 Å². The highest BCUT2D eigenvalue weighted by Crippen LogP contribution is 2.33. The number of rotatable bonds is 5. The van der Waals surface area contributed by atoms with Gasteiger partial charge in [0, 0.05) is 19.0 Å². The quantitative estimate of drug-likeness (QED) is 0.742. The van der Waals surface area contributed by atoms with Crippen LogP contribution in [0.2, 0.25) is 0 Å². The van der Waals surface area contributed by atoms with E-state index in [9.17, 15) is 14.4 Å². The molecule has 0 unspecified atom stereocenters. The fourth-order valence-corrected chi connectivity index (χ4v) is 4.26. The van der Waals surface area contributed by atoms with Crippen LogP contribution in [0, 0.1) is 13.8 Å². The van der Waals surface area contributed by atoms with Crippen LogP contribution in [-0.2, 0) is 9.59 Å². The molecular weight excluding hydrogens is 382 g/mol. The van der Waals surface area contributed by atoms with Gasteiger partial charge >= 0.3 is 6.03 Å². The molecule has 2 aromatic rings. The third-order valence-corrected chi connectivity index (χ3v) is 5.89. The molecule has 2 heterocycles. The number of nitrogens with zero attached hydrogens (tertiary/aromatic N) is 3. The molecule has 2 N–H and O–H groups in total. The summed E-state index contributed by atoms with van der Waals surface area (Å²) in [5.41, 5.74) is 2.00. The van der Waals surface area contributed by atoms with Crippen molar-refractivity contribution in [1.82, 2.24) is 20.0 Å². The summed E-state index contributed by atoms with van der Waals surface area (Å²) >= 11 is 0. The Morgan fingerprint density at radius 2 is 1.83 bits per heavy atom. The van der Waals surface area contributed by atoms with Crippen LogP contribution >= 0.6 is 0 Å². The van der Waals surface area contributed by atoms with Gasteiger partial charge in [0.25, 0.3) is 5.91 Å². The number of nitrogens with one attached hydrogen (secondary N) is 2. The normalized spacial score (nSPS) is 18.0. The smallest absolute Gasteiger partial charge is 0.323 e. The lowest BCUT2D eigenvalue weighted by molar-refractivity contribution is -0.132. The van der Waals surface area contributed by atoms with E-state index in [0.29, 0.717) is 18.7 Å². The number of benzene rings is 1. The number of carbonyl (C=O) groups excluding carboxylic acids is 3. The Bertz CT molecular complexity index is 973. The van der Waals surface area contributed by atoms with E-state index in [-0.39, 0.29) is 24.8 Å². The minimum absolute atomic E-state index is 0.0351. The maximum absolute atomic E-state index is 12.8. The minimum Gasteiger partial charge on any atom is -0.323 e. The largest absolute Gasteiger partial charge is 0.325 e. The average molecular weight is 409 g/mol. The van der Waals surface area contributed by atoms with Crippen molar-refractivity contribution in [2.75, 3.05) is 11.9 Å². The first-order valence-electron chi connectivity index (χ1n) is 10.5. The number of imide groups is 1. The Morgan fingerprint density at radius 1 is 1.13 bits per heavy atom. The number of hydrogen-bond acceptors (Lipinski definition) is 4. The number of aryl methyl sites for hydroxylation is 2. The molecule has 1 saturated heterocycles. The number of urea groups is 1. The molecule has 0 atom stereocenters. The van der Waals surface area contributed by atoms with Crippen molar-refractivity contribution in [2.45, 2.75) is 57.9 Å². The second-order valence-corrected chi connectivity index (χ2v) is 8.25. The second kappa shape index (κ2) is 7.93. The molecule has 8 nitrogen and oxygen atoms in total. The molecule has 2 aliphatic rings. The van der Waals surface area contributed by atoms with Crippen molar-refractivity contribution in [1.29, 1.82) is 0 Å². The fraction of sp³-hybridized carbons (Fsp3) is 0.455. The number of hydrogen-bond donors (Lipinski definition) is 2. The molecule has 0 bridgehead atoms. The van der Waals surface area contributed by atoms with Crippen LogP contribution in [0.25, 0.3) is 5.69 Å². The van der Waals surface area contributed by atoms with Gasteiger partial charge in [-0.3, -0.25) is 14.5 Å². The highest BCUT2D eigenvalue weighted by Gasteiger charge is 2.51. The summed E-state index contributed by atoms with van der Waals surface area (Å²) in [5, 5.41) is 10.2. The van der Waals surface area contributed by atoms with Gasteiger partial charge in [-0.1, -0.05) is 37.0 Å². The summed E-state index contributed by atoms with van der Waals surface area (Å²) in [4.78, 5) is 38.9. The van der Waals surface area contributed by atoms with E-state index < -0.39 is 11.6 Å². The standard InChI is InChI=1S/C22H27N5O3/c1-15-6-8-17(9-7-15)27-18(14-16(2)25-27)23-19(28)10-13-26-20(29)22(24-21(26)30)11-4-3-5-12-22/h6-9,14H,3-5,10-13H2,1-2H3,(H,23,28)(H,24,30). The van der Waals surface area contributed by atoms with Gasteiger partial charge in [-0.05, 0) is 38.8 Å². The molecule has 1 aromatic heterocycles. The monoisotopic (exact) mass is 409 g/mol. The lowest BCUT2D eigenvalue weighted by atomic mass is 9.82. The Kier molecular flexibility index (Phi) is 5.32. The van der Waals surface area contributed by atoms with Crippen molar-refractivity contribution in [3.8, 4) is 5.69 Å². The molecule has 1 aromatic carbocycles. The van der Waals surface area contributed by atoms with E-state index in [1.807, 2.05) is 38.1 Å². The Hall–Kier alpha value is -3.16. The predicted octanol–water partition coefficient (Wildman–Crippen LogP) is 3.07. The lowest BCUT2D eigenvalue weighted by Gasteiger charge is -2.30. The summed E-state index contributed by atoms with van der Waals surface area (Å²) in [6.45, 7) is 3.93. The van der Waals surface area contributed by atoms with Gasteiger partial charge in [0.1, 0.15) is 11.4 Å². The van der Waals surface area contributed by atoms with E-state index in [1.54, 1.807) is 10.7 Å². The molecule has 1 spiro atoms. The van der Waals surface area contributed by atoms with Gasteiger partial charge < -0.3 is 10.6 Å². The van der Waals surface area contributed by atoms with Crippen LogP contribution in [0.5, 0.6) is 0 Å². The van der Waals surface area contributed by atoms with Crippen LogP contribution in [0.1, 0.15) is 49.8 Å². The first kappa shape index (κ1) is 20.1. The highest BCUT2D eigenvalue weighted by atomic mass is 16.2. The molecule has 1 aliphatic carbocycles. The summed E-state index contributed by atoms with van der Waals surface area (Å²) in [6.07, 6.45) is 4.34. The van der Waals surface area contributed by atoms with E-state index >= 15 is 0 Å². The zero-order chi connectivity index (χ0) is 21.3. The van der Waals surface area contributed by atoms with E-state index in [2.05, 4.69) is 15.7 Å². The molecule has 30 heavy (non-hydrogen) atoms. The number of anilines is 1. The predicted molar refractivity (Wildman–Crippen MR) is 112 cm³/mol. The molecule has 0 radical (unpaired) electrons. The van der Waals surface area contributed by atoms with Crippen LogP contribution in [0.3, 0.4) is 0 Å². The Labute approximate surface area is 175 Å². The fourth-order valence-electron chi connectivity index (χ4n) is 4.26. The number of carbonyl (C=O) groups is 3. The molecule has 2 fully saturated rings. The highest BCUT2D eigenvalue weighted by molar-refractivity contribution is 6.07. The van der Waals surface area contributed by atoms with Crippen molar-refractivity contribution in [3.63, 3.8) is 0 Å². The van der Waals surface area contributed by atoms with Crippen LogP contribution in [0.15, 0.2) is 30.3 Å². The molecule has 8 heteroatoms. The van der Waals surface area contributed by atoms with Gasteiger partial charge in [0.15, 0.2) is 0 Å². The molecule has 158 valence electrons. The molecule has 4 amide bonds. The van der Waals surface area contributed by atoms with E-state index in [0.717, 1.165) is 36.2 Å². The van der Waals surface area contributed by atoms with Crippen molar-refractivity contribution in [3.05, 3.63) is 41.6 Å². The Balaban J connectivity index is 1.41. The molecular formula is C22H27N5O3. The van der Waals surface area contributed by atoms with Gasteiger partial charge in [-0.25, -0.2) is 9.48 Å². The lowest BCUT2D eigenvalue weighted by Crippen LogP contribution is -2.48. The van der Waals surface area contributed by atoms with Crippen molar-refractivity contribution < 1.29 is 14.4 Å². The average Bonchev–Trinajstić information content (AvgIpc) is 3.18. The summed E-state index contributed by atoms with van der Waals surface area (Å²) in [6, 6.07) is 9.24. The second-order valence-electron chi connectivity index (χ2n) is 8.25. The molecule has 1 aliphatic heterocycles. The topological polar surface area (TPSA) is 96.3 Å². The zero-order valence-corrected chi connectivity index (χ0v) is 17.4. The van der Waals surface area contributed by atoms with E-state index in [4.69, 9.17) is 0 Å². The third-order valence-electron chi connectivity index (χ3n) is 5.89. The molecule has 1 saturated carbocycles. The number of amides is 4. The summed E-state index contributed by atoms with van der Waals surface area (Å²) in [7, 11) is 0. The summed E-state index contributed by atoms with van der Waals surface area (Å²) < 4.78 is 1.68.